The highest BCUT2D eigenvalue weighted by molar-refractivity contribution is 5.85. The van der Waals surface area contributed by atoms with E-state index in [0.717, 1.165) is 0 Å². The molecule has 0 aliphatic heterocycles. The molecule has 1 heterocycles. The van der Waals surface area contributed by atoms with E-state index in [1.807, 2.05) is 6.92 Å². The molecule has 0 aromatic carbocycles. The lowest BCUT2D eigenvalue weighted by Crippen LogP contribution is -2.35. The Hall–Kier alpha value is -1.95. The van der Waals surface area contributed by atoms with Gasteiger partial charge in [-0.3, -0.25) is 4.79 Å². The number of hydrogen-bond donors (Lipinski definition) is 2. The zero-order valence-electron chi connectivity index (χ0n) is 10.5. The maximum atomic E-state index is 11.5. The van der Waals surface area contributed by atoms with Gasteiger partial charge in [-0.15, -0.1) is 0 Å². The quantitative estimate of drug-likeness (QED) is 0.762. The molecule has 0 radical (unpaired) electrons. The second kappa shape index (κ2) is 6.70. The van der Waals surface area contributed by atoms with Crippen LogP contribution in [0.1, 0.15) is 23.1 Å². The second-order valence-electron chi connectivity index (χ2n) is 3.83. The lowest BCUT2D eigenvalue weighted by molar-refractivity contribution is -0.128. The molecule has 0 atom stereocenters. The molecule has 1 amide bonds. The highest BCUT2D eigenvalue weighted by Gasteiger charge is 2.07. The molecule has 18 heavy (non-hydrogen) atoms. The van der Waals surface area contributed by atoms with E-state index >= 15 is 0 Å². The van der Waals surface area contributed by atoms with Crippen LogP contribution < -0.4 is 5.32 Å². The van der Waals surface area contributed by atoms with Crippen molar-refractivity contribution < 1.29 is 14.7 Å². The molecule has 98 valence electrons. The van der Waals surface area contributed by atoms with Gasteiger partial charge in [0.15, 0.2) is 0 Å². The molecule has 0 bridgehead atoms. The van der Waals surface area contributed by atoms with Crippen LogP contribution in [0.4, 0.5) is 0 Å². The number of amides is 1. The number of aromatic carboxylic acids is 1. The van der Waals surface area contributed by atoms with Crippen molar-refractivity contribution in [3.63, 3.8) is 0 Å². The molecule has 1 aromatic heterocycles. The van der Waals surface area contributed by atoms with Crippen LogP contribution in [0.15, 0.2) is 18.2 Å². The first kappa shape index (κ1) is 14.1. The molecule has 6 nitrogen and oxygen atoms in total. The van der Waals surface area contributed by atoms with E-state index in [1.165, 1.54) is 6.07 Å². The van der Waals surface area contributed by atoms with Crippen molar-refractivity contribution in [2.75, 3.05) is 20.1 Å². The predicted molar refractivity (Wildman–Crippen MR) is 66.2 cm³/mol. The summed E-state index contributed by atoms with van der Waals surface area (Å²) in [6.07, 6.45) is 0. The fraction of sp³-hybridized carbons (Fsp3) is 0.417. The number of rotatable bonds is 6. The van der Waals surface area contributed by atoms with Gasteiger partial charge >= 0.3 is 5.97 Å². The number of nitrogens with one attached hydrogen (secondary N) is 1. The third kappa shape index (κ3) is 4.14. The van der Waals surface area contributed by atoms with Crippen molar-refractivity contribution >= 4 is 11.9 Å². The second-order valence-corrected chi connectivity index (χ2v) is 3.83. The molecule has 0 aliphatic rings. The van der Waals surface area contributed by atoms with Gasteiger partial charge in [-0.1, -0.05) is 6.07 Å². The Morgan fingerprint density at radius 3 is 2.78 bits per heavy atom. The van der Waals surface area contributed by atoms with Crippen LogP contribution in [0.5, 0.6) is 0 Å². The highest BCUT2D eigenvalue weighted by Crippen LogP contribution is 1.99. The summed E-state index contributed by atoms with van der Waals surface area (Å²) >= 11 is 0. The standard InChI is InChI=1S/C12H17N3O3/c1-3-15(2)11(16)8-13-7-9-5-4-6-10(14-9)12(17)18/h4-6,13H,3,7-8H2,1-2H3,(H,17,18). The van der Waals surface area contributed by atoms with Gasteiger partial charge in [0.25, 0.3) is 0 Å². The first-order chi connectivity index (χ1) is 8.54. The minimum absolute atomic E-state index is 0.00584. The van der Waals surface area contributed by atoms with Crippen LogP contribution in [-0.2, 0) is 11.3 Å². The topological polar surface area (TPSA) is 82.5 Å². The number of carbonyl (C=O) groups excluding carboxylic acids is 1. The number of pyridine rings is 1. The number of nitrogens with zero attached hydrogens (tertiary/aromatic N) is 2. The first-order valence-corrected chi connectivity index (χ1v) is 5.68. The lowest BCUT2D eigenvalue weighted by atomic mass is 10.3. The van der Waals surface area contributed by atoms with Gasteiger partial charge < -0.3 is 15.3 Å². The number of carboxylic acid groups (broad SMARTS) is 1. The molecular formula is C12H17N3O3. The molecule has 0 aliphatic carbocycles. The van der Waals surface area contributed by atoms with E-state index < -0.39 is 5.97 Å². The van der Waals surface area contributed by atoms with Crippen molar-refractivity contribution in [1.82, 2.24) is 15.2 Å². The summed E-state index contributed by atoms with van der Waals surface area (Å²) in [4.78, 5) is 27.8. The van der Waals surface area contributed by atoms with Crippen LogP contribution in [0.25, 0.3) is 0 Å². The van der Waals surface area contributed by atoms with Gasteiger partial charge in [-0.25, -0.2) is 9.78 Å². The third-order valence-corrected chi connectivity index (χ3v) is 2.51. The van der Waals surface area contributed by atoms with E-state index in [-0.39, 0.29) is 18.1 Å². The van der Waals surface area contributed by atoms with Crippen LogP contribution in [0.3, 0.4) is 0 Å². The van der Waals surface area contributed by atoms with E-state index in [1.54, 1.807) is 24.1 Å². The number of carboxylic acids is 1. The van der Waals surface area contributed by atoms with Gasteiger partial charge in [0.2, 0.25) is 5.91 Å². The minimum atomic E-state index is -1.06. The SMILES string of the molecule is CCN(C)C(=O)CNCc1cccc(C(=O)O)n1. The highest BCUT2D eigenvalue weighted by atomic mass is 16.4. The predicted octanol–water partition coefficient (Wildman–Crippen LogP) is 0.348. The number of likely N-dealkylation sites (N-methyl/N-ethyl adjacent to an activating group) is 1. The number of hydrogen-bond acceptors (Lipinski definition) is 4. The summed E-state index contributed by atoms with van der Waals surface area (Å²) in [5, 5.41) is 11.7. The molecule has 0 fully saturated rings. The van der Waals surface area contributed by atoms with Crippen molar-refractivity contribution in [2.45, 2.75) is 13.5 Å². The summed E-state index contributed by atoms with van der Waals surface area (Å²) in [5.41, 5.74) is 0.605. The first-order valence-electron chi connectivity index (χ1n) is 5.68. The van der Waals surface area contributed by atoms with E-state index in [0.29, 0.717) is 18.8 Å². The molecule has 6 heteroatoms. The van der Waals surface area contributed by atoms with Crippen LogP contribution >= 0.6 is 0 Å². The molecule has 0 spiro atoms. The molecule has 2 N–H and O–H groups in total. The van der Waals surface area contributed by atoms with Gasteiger partial charge in [0, 0.05) is 20.1 Å². The Balaban J connectivity index is 2.47. The molecule has 1 rings (SSSR count). The largest absolute Gasteiger partial charge is 0.477 e. The van der Waals surface area contributed by atoms with Gasteiger partial charge in [-0.2, -0.15) is 0 Å². The molecular weight excluding hydrogens is 234 g/mol. The summed E-state index contributed by atoms with van der Waals surface area (Å²) in [6.45, 7) is 3.14. The summed E-state index contributed by atoms with van der Waals surface area (Å²) in [6, 6.07) is 4.78. The lowest BCUT2D eigenvalue weighted by Gasteiger charge is -2.14. The van der Waals surface area contributed by atoms with Crippen LogP contribution in [0, 0.1) is 0 Å². The number of carbonyl (C=O) groups is 2. The maximum absolute atomic E-state index is 11.5. The normalized spacial score (nSPS) is 10.1. The van der Waals surface area contributed by atoms with Crippen LogP contribution in [0.2, 0.25) is 0 Å². The Morgan fingerprint density at radius 2 is 2.17 bits per heavy atom. The maximum Gasteiger partial charge on any atom is 0.354 e. The van der Waals surface area contributed by atoms with Crippen molar-refractivity contribution in [2.24, 2.45) is 0 Å². The van der Waals surface area contributed by atoms with Gasteiger partial charge in [-0.05, 0) is 19.1 Å². The average molecular weight is 251 g/mol. The Morgan fingerprint density at radius 1 is 1.44 bits per heavy atom. The zero-order chi connectivity index (χ0) is 13.5. The fourth-order valence-electron chi connectivity index (χ4n) is 1.31. The van der Waals surface area contributed by atoms with Crippen molar-refractivity contribution in [3.05, 3.63) is 29.6 Å². The van der Waals surface area contributed by atoms with E-state index in [4.69, 9.17) is 5.11 Å². The average Bonchev–Trinajstić information content (AvgIpc) is 2.38. The Bertz CT molecular complexity index is 434. The summed E-state index contributed by atoms with van der Waals surface area (Å²) < 4.78 is 0. The van der Waals surface area contributed by atoms with E-state index in [2.05, 4.69) is 10.3 Å². The zero-order valence-corrected chi connectivity index (χ0v) is 10.5. The Kier molecular flexibility index (Phi) is 5.26. The van der Waals surface area contributed by atoms with Crippen molar-refractivity contribution in [3.8, 4) is 0 Å². The molecule has 0 unspecified atom stereocenters. The fourth-order valence-corrected chi connectivity index (χ4v) is 1.31. The monoisotopic (exact) mass is 251 g/mol. The van der Waals surface area contributed by atoms with Crippen molar-refractivity contribution in [1.29, 1.82) is 0 Å². The smallest absolute Gasteiger partial charge is 0.354 e. The summed E-state index contributed by atoms with van der Waals surface area (Å²) in [7, 11) is 1.73. The van der Waals surface area contributed by atoms with Crippen LogP contribution in [-0.4, -0.2) is 47.0 Å². The molecule has 1 aromatic rings. The Labute approximate surface area is 106 Å². The molecule has 0 saturated carbocycles. The number of aromatic nitrogens is 1. The molecule has 0 saturated heterocycles. The van der Waals surface area contributed by atoms with Gasteiger partial charge in [0.05, 0.1) is 12.2 Å². The van der Waals surface area contributed by atoms with E-state index in [9.17, 15) is 9.59 Å². The van der Waals surface area contributed by atoms with Gasteiger partial charge in [0.1, 0.15) is 5.69 Å². The third-order valence-electron chi connectivity index (χ3n) is 2.51. The minimum Gasteiger partial charge on any atom is -0.477 e. The summed E-state index contributed by atoms with van der Waals surface area (Å²) in [5.74, 6) is -1.06.